The number of hydrogen-bond donors (Lipinski definition) is 1. The number of benzene rings is 2. The van der Waals surface area contributed by atoms with Crippen LogP contribution in [0.5, 0.6) is 0 Å². The molecule has 162 valence electrons. The van der Waals surface area contributed by atoms with E-state index < -0.39 is 21.9 Å². The van der Waals surface area contributed by atoms with E-state index in [1.165, 1.54) is 29.0 Å². The van der Waals surface area contributed by atoms with Gasteiger partial charge in [-0.15, -0.1) is 0 Å². The minimum Gasteiger partial charge on any atom is -0.352 e. The van der Waals surface area contributed by atoms with E-state index in [1.807, 2.05) is 30.3 Å². The molecule has 0 saturated carbocycles. The molecule has 0 bridgehead atoms. The van der Waals surface area contributed by atoms with E-state index in [0.29, 0.717) is 6.54 Å². The summed E-state index contributed by atoms with van der Waals surface area (Å²) < 4.78 is 42.4. The van der Waals surface area contributed by atoms with Crippen LogP contribution in [0.2, 0.25) is 0 Å². The molecular formula is C22H23FN4O3S. The van der Waals surface area contributed by atoms with Crippen LogP contribution < -0.4 is 5.32 Å². The third-order valence-corrected chi connectivity index (χ3v) is 7.23. The molecule has 1 amide bonds. The average Bonchev–Trinajstić information content (AvgIpc) is 3.41. The lowest BCUT2D eigenvalue weighted by atomic mass is 9.88. The van der Waals surface area contributed by atoms with Crippen LogP contribution >= 0.6 is 0 Å². The van der Waals surface area contributed by atoms with Gasteiger partial charge in [0.25, 0.3) is 10.0 Å². The summed E-state index contributed by atoms with van der Waals surface area (Å²) in [6, 6.07) is 15.3. The first kappa shape index (κ1) is 21.2. The second-order valence-electron chi connectivity index (χ2n) is 7.67. The van der Waals surface area contributed by atoms with Crippen molar-refractivity contribution in [3.8, 4) is 0 Å². The van der Waals surface area contributed by atoms with Gasteiger partial charge >= 0.3 is 0 Å². The van der Waals surface area contributed by atoms with Crippen molar-refractivity contribution in [1.29, 1.82) is 0 Å². The molecule has 0 radical (unpaired) electrons. The van der Waals surface area contributed by atoms with Gasteiger partial charge < -0.3 is 9.88 Å². The monoisotopic (exact) mass is 442 g/mol. The Balaban J connectivity index is 1.59. The van der Waals surface area contributed by atoms with Gasteiger partial charge in [-0.05, 0) is 23.3 Å². The minimum atomic E-state index is -3.85. The van der Waals surface area contributed by atoms with Gasteiger partial charge in [0.2, 0.25) is 5.91 Å². The standard InChI is InChI=1S/C22H23FN4O3S/c1-26-14-21(25-15-26)31(29,30)27-12-19(17-7-9-18(23)10-8-17)20(13-27)22(28)24-11-16-5-3-2-4-6-16/h2-10,14-15,19-20H,11-13H2,1H3,(H,24,28)/t19-,20+/m1/s1. The van der Waals surface area contributed by atoms with Crippen LogP contribution in [0.1, 0.15) is 17.0 Å². The Morgan fingerprint density at radius 1 is 1.13 bits per heavy atom. The first-order chi connectivity index (χ1) is 14.8. The number of sulfonamides is 1. The van der Waals surface area contributed by atoms with Crippen LogP contribution in [-0.2, 0) is 28.4 Å². The van der Waals surface area contributed by atoms with Crippen molar-refractivity contribution in [2.75, 3.05) is 13.1 Å². The first-order valence-corrected chi connectivity index (χ1v) is 11.3. The molecule has 7 nitrogen and oxygen atoms in total. The predicted octanol–water partition coefficient (Wildman–Crippen LogP) is 2.28. The molecule has 1 aromatic heterocycles. The van der Waals surface area contributed by atoms with Crippen molar-refractivity contribution in [1.82, 2.24) is 19.2 Å². The molecule has 31 heavy (non-hydrogen) atoms. The summed E-state index contributed by atoms with van der Waals surface area (Å²) >= 11 is 0. The highest BCUT2D eigenvalue weighted by Gasteiger charge is 2.44. The Kier molecular flexibility index (Phi) is 5.88. The number of carbonyl (C=O) groups excluding carboxylic acids is 1. The molecule has 1 aliphatic heterocycles. The summed E-state index contributed by atoms with van der Waals surface area (Å²) in [4.78, 5) is 17.0. The second-order valence-corrected chi connectivity index (χ2v) is 9.55. The third-order valence-electron chi connectivity index (χ3n) is 5.52. The molecular weight excluding hydrogens is 419 g/mol. The molecule has 0 unspecified atom stereocenters. The fourth-order valence-electron chi connectivity index (χ4n) is 3.85. The van der Waals surface area contributed by atoms with E-state index >= 15 is 0 Å². The van der Waals surface area contributed by atoms with E-state index in [1.54, 1.807) is 23.7 Å². The van der Waals surface area contributed by atoms with Crippen LogP contribution in [0.15, 0.2) is 72.1 Å². The number of amides is 1. The smallest absolute Gasteiger partial charge is 0.262 e. The van der Waals surface area contributed by atoms with Gasteiger partial charge in [0.05, 0.1) is 12.2 Å². The van der Waals surface area contributed by atoms with Crippen LogP contribution in [0.4, 0.5) is 4.39 Å². The number of nitrogens with one attached hydrogen (secondary N) is 1. The van der Waals surface area contributed by atoms with Crippen molar-refractivity contribution in [2.24, 2.45) is 13.0 Å². The molecule has 0 spiro atoms. The number of halogens is 1. The highest BCUT2D eigenvalue weighted by molar-refractivity contribution is 7.89. The summed E-state index contributed by atoms with van der Waals surface area (Å²) in [5.41, 5.74) is 1.67. The fraction of sp³-hybridized carbons (Fsp3) is 0.273. The van der Waals surface area contributed by atoms with E-state index in [9.17, 15) is 17.6 Å². The predicted molar refractivity (Wildman–Crippen MR) is 113 cm³/mol. The van der Waals surface area contributed by atoms with E-state index in [0.717, 1.165) is 11.1 Å². The number of carbonyl (C=O) groups is 1. The second kappa shape index (κ2) is 8.60. The molecule has 1 aliphatic rings. The molecule has 9 heteroatoms. The maximum absolute atomic E-state index is 13.4. The molecule has 3 aromatic rings. The van der Waals surface area contributed by atoms with Gasteiger partial charge in [-0.2, -0.15) is 4.31 Å². The maximum Gasteiger partial charge on any atom is 0.262 e. The fourth-order valence-corrected chi connectivity index (χ4v) is 5.31. The van der Waals surface area contributed by atoms with Gasteiger partial charge in [0.15, 0.2) is 5.03 Å². The molecule has 2 aromatic carbocycles. The highest BCUT2D eigenvalue weighted by atomic mass is 32.2. The summed E-state index contributed by atoms with van der Waals surface area (Å²) in [5, 5.41) is 2.86. The molecule has 2 heterocycles. The Labute approximate surface area is 180 Å². The Morgan fingerprint density at radius 2 is 1.84 bits per heavy atom. The van der Waals surface area contributed by atoms with Crippen molar-refractivity contribution < 1.29 is 17.6 Å². The quantitative estimate of drug-likeness (QED) is 0.635. The van der Waals surface area contributed by atoms with Crippen LogP contribution in [-0.4, -0.2) is 41.3 Å². The largest absolute Gasteiger partial charge is 0.352 e. The first-order valence-electron chi connectivity index (χ1n) is 9.90. The van der Waals surface area contributed by atoms with Gasteiger partial charge in [-0.25, -0.2) is 17.8 Å². The van der Waals surface area contributed by atoms with Gasteiger partial charge in [-0.1, -0.05) is 42.5 Å². The summed E-state index contributed by atoms with van der Waals surface area (Å²) in [6.07, 6.45) is 2.86. The van der Waals surface area contributed by atoms with Crippen LogP contribution in [0.3, 0.4) is 0 Å². The van der Waals surface area contributed by atoms with Crippen molar-refractivity contribution >= 4 is 15.9 Å². The third kappa shape index (κ3) is 4.52. The van der Waals surface area contributed by atoms with Crippen LogP contribution in [0.25, 0.3) is 0 Å². The molecule has 4 rings (SSSR count). The number of rotatable bonds is 6. The molecule has 0 aliphatic carbocycles. The van der Waals surface area contributed by atoms with Gasteiger partial charge in [-0.3, -0.25) is 4.79 Å². The summed E-state index contributed by atoms with van der Waals surface area (Å²) in [7, 11) is -2.16. The van der Waals surface area contributed by atoms with Gasteiger partial charge in [0.1, 0.15) is 5.82 Å². The molecule has 1 saturated heterocycles. The molecule has 1 fully saturated rings. The van der Waals surface area contributed by atoms with E-state index in [-0.39, 0.29) is 29.8 Å². The lowest BCUT2D eigenvalue weighted by Gasteiger charge is -2.18. The number of aryl methyl sites for hydroxylation is 1. The zero-order valence-corrected chi connectivity index (χ0v) is 17.8. The highest BCUT2D eigenvalue weighted by Crippen LogP contribution is 2.35. The number of hydrogen-bond acceptors (Lipinski definition) is 4. The zero-order chi connectivity index (χ0) is 22.0. The minimum absolute atomic E-state index is 0.0293. The van der Waals surface area contributed by atoms with Crippen molar-refractivity contribution in [3.05, 3.63) is 84.1 Å². The topological polar surface area (TPSA) is 84.3 Å². The lowest BCUT2D eigenvalue weighted by Crippen LogP contribution is -2.35. The van der Waals surface area contributed by atoms with E-state index in [2.05, 4.69) is 10.3 Å². The Bertz CT molecular complexity index is 1160. The van der Waals surface area contributed by atoms with Gasteiger partial charge in [0, 0.05) is 38.8 Å². The number of imidazole rings is 1. The maximum atomic E-state index is 13.4. The SMILES string of the molecule is Cn1cnc(S(=O)(=O)N2C[C@H](C(=O)NCc3ccccc3)[C@@H](c3ccc(F)cc3)C2)c1. The van der Waals surface area contributed by atoms with Crippen molar-refractivity contribution in [2.45, 2.75) is 17.5 Å². The normalized spacial score (nSPS) is 19.4. The average molecular weight is 443 g/mol. The lowest BCUT2D eigenvalue weighted by molar-refractivity contribution is -0.125. The molecule has 1 N–H and O–H groups in total. The number of aromatic nitrogens is 2. The van der Waals surface area contributed by atoms with Crippen LogP contribution in [0, 0.1) is 11.7 Å². The Hall–Kier alpha value is -3.04. The molecule has 2 atom stereocenters. The zero-order valence-electron chi connectivity index (χ0n) is 17.0. The summed E-state index contributed by atoms with van der Waals surface area (Å²) in [6.45, 7) is 0.495. The Morgan fingerprint density at radius 3 is 2.48 bits per heavy atom. The number of nitrogens with zero attached hydrogens (tertiary/aromatic N) is 3. The summed E-state index contributed by atoms with van der Waals surface area (Å²) in [5.74, 6) is -1.62. The van der Waals surface area contributed by atoms with Crippen molar-refractivity contribution in [3.63, 3.8) is 0 Å². The van der Waals surface area contributed by atoms with E-state index in [4.69, 9.17) is 0 Å².